The second-order valence-corrected chi connectivity index (χ2v) is 4.44. The van der Waals surface area contributed by atoms with Crippen LogP contribution in [-0.2, 0) is 4.74 Å². The summed E-state index contributed by atoms with van der Waals surface area (Å²) in [6, 6.07) is 14.0. The predicted octanol–water partition coefficient (Wildman–Crippen LogP) is 5.06. The number of rotatable bonds is 2. The second kappa shape index (κ2) is 5.95. The molecule has 0 aliphatic carbocycles. The quantitative estimate of drug-likeness (QED) is 0.775. The third kappa shape index (κ3) is 2.83. The Morgan fingerprint density at radius 2 is 1.74 bits per heavy atom. The van der Waals surface area contributed by atoms with Crippen molar-refractivity contribution in [3.8, 4) is 0 Å². The number of nitrogens with zero attached hydrogens (tertiary/aromatic N) is 1. The first kappa shape index (κ1) is 13.7. The van der Waals surface area contributed by atoms with Crippen LogP contribution >= 0.6 is 23.2 Å². The van der Waals surface area contributed by atoms with Crippen LogP contribution in [0.5, 0.6) is 0 Å². The maximum atomic E-state index is 11.9. The number of ether oxygens (including phenoxy) is 1. The molecule has 2 aromatic carbocycles. The molecule has 0 aliphatic heterocycles. The zero-order valence-electron chi connectivity index (χ0n) is 9.85. The van der Waals surface area contributed by atoms with E-state index in [1.54, 1.807) is 42.5 Å². The van der Waals surface area contributed by atoms with E-state index in [0.717, 1.165) is 0 Å². The average molecular weight is 295 g/mol. The Labute approximate surface area is 121 Å². The number of carbonyl (C=O) groups excluding carboxylic acids is 1. The van der Waals surface area contributed by atoms with E-state index < -0.39 is 6.09 Å². The Morgan fingerprint density at radius 1 is 1.05 bits per heavy atom. The van der Waals surface area contributed by atoms with Crippen LogP contribution in [0.1, 0.15) is 0 Å². The molecule has 0 unspecified atom stereocenters. The molecule has 0 aliphatic rings. The SMILES string of the molecule is [CH2]OC(=O)N(c1ccccc1)c1cccc(Cl)c1Cl. The highest BCUT2D eigenvalue weighted by Crippen LogP contribution is 2.36. The Balaban J connectivity index is 2.56. The molecule has 2 aromatic rings. The van der Waals surface area contributed by atoms with Crippen LogP contribution in [-0.4, -0.2) is 6.09 Å². The monoisotopic (exact) mass is 294 g/mol. The fraction of sp³-hybridized carbons (Fsp3) is 0. The number of benzene rings is 2. The first-order valence-electron chi connectivity index (χ1n) is 5.40. The van der Waals surface area contributed by atoms with Crippen molar-refractivity contribution in [2.24, 2.45) is 0 Å². The topological polar surface area (TPSA) is 29.5 Å². The maximum Gasteiger partial charge on any atom is 0.419 e. The summed E-state index contributed by atoms with van der Waals surface area (Å²) < 4.78 is 4.55. The number of amides is 1. The van der Waals surface area contributed by atoms with Gasteiger partial charge in [0.05, 0.1) is 21.4 Å². The molecule has 2 rings (SSSR count). The van der Waals surface area contributed by atoms with E-state index >= 15 is 0 Å². The fourth-order valence-corrected chi connectivity index (χ4v) is 2.03. The lowest BCUT2D eigenvalue weighted by Gasteiger charge is -2.22. The van der Waals surface area contributed by atoms with Gasteiger partial charge in [-0.2, -0.15) is 0 Å². The van der Waals surface area contributed by atoms with Crippen molar-refractivity contribution in [1.29, 1.82) is 0 Å². The molecule has 1 amide bonds. The predicted molar refractivity (Wildman–Crippen MR) is 76.9 cm³/mol. The highest BCUT2D eigenvalue weighted by molar-refractivity contribution is 6.44. The smallest absolute Gasteiger partial charge is 0.419 e. The molecule has 0 atom stereocenters. The molecule has 0 saturated heterocycles. The second-order valence-electron chi connectivity index (χ2n) is 3.65. The lowest BCUT2D eigenvalue weighted by molar-refractivity contribution is 0.194. The van der Waals surface area contributed by atoms with E-state index in [4.69, 9.17) is 23.2 Å². The molecule has 3 nitrogen and oxygen atoms in total. The minimum atomic E-state index is -0.643. The lowest BCUT2D eigenvalue weighted by atomic mass is 10.2. The summed E-state index contributed by atoms with van der Waals surface area (Å²) in [5.41, 5.74) is 1.05. The summed E-state index contributed by atoms with van der Waals surface area (Å²) in [5, 5.41) is 0.635. The van der Waals surface area contributed by atoms with Crippen molar-refractivity contribution in [2.75, 3.05) is 4.90 Å². The third-order valence-electron chi connectivity index (χ3n) is 2.49. The van der Waals surface area contributed by atoms with Gasteiger partial charge in [-0.15, -0.1) is 0 Å². The molecular formula is C14H10Cl2NO2. The van der Waals surface area contributed by atoms with Gasteiger partial charge in [0, 0.05) is 0 Å². The van der Waals surface area contributed by atoms with E-state index in [-0.39, 0.29) is 5.02 Å². The zero-order chi connectivity index (χ0) is 13.8. The van der Waals surface area contributed by atoms with Crippen molar-refractivity contribution in [3.05, 3.63) is 65.7 Å². The molecular weight excluding hydrogens is 285 g/mol. The number of para-hydroxylation sites is 1. The van der Waals surface area contributed by atoms with Crippen molar-refractivity contribution in [3.63, 3.8) is 0 Å². The number of halogens is 2. The molecule has 0 N–H and O–H groups in total. The van der Waals surface area contributed by atoms with E-state index in [1.165, 1.54) is 4.90 Å². The van der Waals surface area contributed by atoms with E-state index in [1.807, 2.05) is 6.07 Å². The minimum absolute atomic E-state index is 0.276. The highest BCUT2D eigenvalue weighted by Gasteiger charge is 2.21. The van der Waals surface area contributed by atoms with Crippen LogP contribution in [0.3, 0.4) is 0 Å². The normalized spacial score (nSPS) is 10.1. The van der Waals surface area contributed by atoms with Crippen molar-refractivity contribution in [1.82, 2.24) is 0 Å². The van der Waals surface area contributed by atoms with Crippen LogP contribution in [0, 0.1) is 7.11 Å². The van der Waals surface area contributed by atoms with Gasteiger partial charge in [-0.1, -0.05) is 47.5 Å². The fourth-order valence-electron chi connectivity index (χ4n) is 1.65. The molecule has 0 heterocycles. The van der Waals surface area contributed by atoms with Gasteiger partial charge in [0.1, 0.15) is 7.11 Å². The van der Waals surface area contributed by atoms with E-state index in [2.05, 4.69) is 11.8 Å². The molecule has 97 valence electrons. The van der Waals surface area contributed by atoms with E-state index in [0.29, 0.717) is 16.4 Å². The first-order valence-corrected chi connectivity index (χ1v) is 6.16. The van der Waals surface area contributed by atoms with Gasteiger partial charge in [0.15, 0.2) is 0 Å². The summed E-state index contributed by atoms with van der Waals surface area (Å²) in [4.78, 5) is 13.2. The Hall–Kier alpha value is -1.71. The summed E-state index contributed by atoms with van der Waals surface area (Å²) >= 11 is 12.1. The molecule has 0 spiro atoms. The van der Waals surface area contributed by atoms with Crippen molar-refractivity contribution in [2.45, 2.75) is 0 Å². The number of carbonyl (C=O) groups is 1. The average Bonchev–Trinajstić information content (AvgIpc) is 2.44. The molecule has 0 fully saturated rings. The zero-order valence-corrected chi connectivity index (χ0v) is 11.4. The maximum absolute atomic E-state index is 11.9. The minimum Gasteiger partial charge on any atom is -0.445 e. The third-order valence-corrected chi connectivity index (χ3v) is 3.30. The largest absolute Gasteiger partial charge is 0.445 e. The number of hydrogen-bond acceptors (Lipinski definition) is 2. The summed E-state index contributed by atoms with van der Waals surface area (Å²) in [6.45, 7) is 0. The number of hydrogen-bond donors (Lipinski definition) is 0. The first-order chi connectivity index (χ1) is 9.15. The van der Waals surface area contributed by atoms with Gasteiger partial charge in [0.25, 0.3) is 0 Å². The van der Waals surface area contributed by atoms with Crippen LogP contribution in [0.15, 0.2) is 48.5 Å². The molecule has 5 heteroatoms. The van der Waals surface area contributed by atoms with Gasteiger partial charge in [0.2, 0.25) is 0 Å². The van der Waals surface area contributed by atoms with Crippen LogP contribution in [0.4, 0.5) is 16.2 Å². The lowest BCUT2D eigenvalue weighted by Crippen LogP contribution is -2.25. The van der Waals surface area contributed by atoms with Gasteiger partial charge >= 0.3 is 6.09 Å². The van der Waals surface area contributed by atoms with Gasteiger partial charge in [-0.25, -0.2) is 9.69 Å². The molecule has 1 radical (unpaired) electrons. The highest BCUT2D eigenvalue weighted by atomic mass is 35.5. The molecule has 0 aromatic heterocycles. The van der Waals surface area contributed by atoms with Gasteiger partial charge in [-0.3, -0.25) is 0 Å². The Kier molecular flexibility index (Phi) is 4.30. The van der Waals surface area contributed by atoms with E-state index in [9.17, 15) is 4.79 Å². The summed E-state index contributed by atoms with van der Waals surface area (Å²) in [5.74, 6) is 0. The van der Waals surface area contributed by atoms with Crippen LogP contribution < -0.4 is 4.90 Å². The Bertz CT molecular complexity index is 587. The molecule has 19 heavy (non-hydrogen) atoms. The number of anilines is 2. The van der Waals surface area contributed by atoms with Gasteiger partial charge in [-0.05, 0) is 24.3 Å². The molecule has 0 bridgehead atoms. The van der Waals surface area contributed by atoms with Crippen LogP contribution in [0.2, 0.25) is 10.0 Å². The van der Waals surface area contributed by atoms with Crippen molar-refractivity contribution >= 4 is 40.7 Å². The van der Waals surface area contributed by atoms with Crippen molar-refractivity contribution < 1.29 is 9.53 Å². The summed E-state index contributed by atoms with van der Waals surface area (Å²) in [6.07, 6.45) is -0.643. The van der Waals surface area contributed by atoms with Gasteiger partial charge < -0.3 is 4.74 Å². The Morgan fingerprint density at radius 3 is 2.37 bits per heavy atom. The summed E-state index contributed by atoms with van der Waals surface area (Å²) in [7, 11) is 3.14. The molecule has 0 saturated carbocycles. The van der Waals surface area contributed by atoms with Crippen LogP contribution in [0.25, 0.3) is 0 Å². The standard InChI is InChI=1S/C14H10Cl2NO2/c1-19-14(18)17(10-6-3-2-4-7-10)12-9-5-8-11(15)13(12)16/h2-9H,1H2.